The van der Waals surface area contributed by atoms with Gasteiger partial charge >= 0.3 is 0 Å². The third-order valence-electron chi connectivity index (χ3n) is 1.33. The first kappa shape index (κ1) is 7.09. The van der Waals surface area contributed by atoms with Crippen LogP contribution in [-0.4, -0.2) is 7.11 Å². The van der Waals surface area contributed by atoms with Crippen molar-refractivity contribution in [3.05, 3.63) is 29.8 Å². The van der Waals surface area contributed by atoms with Crippen LogP contribution >= 0.6 is 0 Å². The van der Waals surface area contributed by atoms with Crippen molar-refractivity contribution in [3.63, 3.8) is 0 Å². The average molecular weight is 137 g/mol. The minimum atomic E-state index is -0.163. The number of benzene rings is 1. The Bertz CT molecular complexity index is 168. The molecule has 0 N–H and O–H groups in total. The standard InChI is InChI=1S/C8H9O2/c1-10-8-4-2-7(6-9)3-5-8/h2-5H,6H2,1H3/q-1. The van der Waals surface area contributed by atoms with E-state index in [2.05, 4.69) is 0 Å². The molecule has 2 heteroatoms. The fraction of sp³-hybridized carbons (Fsp3) is 0.250. The molecule has 0 saturated carbocycles. The number of hydrogen-bond acceptors (Lipinski definition) is 2. The third kappa shape index (κ3) is 1.48. The molecule has 54 valence electrons. The van der Waals surface area contributed by atoms with Gasteiger partial charge in [0.25, 0.3) is 0 Å². The molecule has 0 amide bonds. The van der Waals surface area contributed by atoms with E-state index in [9.17, 15) is 5.11 Å². The molecule has 1 aromatic rings. The zero-order valence-electron chi connectivity index (χ0n) is 5.83. The molecule has 1 rings (SSSR count). The summed E-state index contributed by atoms with van der Waals surface area (Å²) in [5.74, 6) is 0.789. The average Bonchev–Trinajstić information content (AvgIpc) is 2.05. The quantitative estimate of drug-likeness (QED) is 0.596. The van der Waals surface area contributed by atoms with Crippen LogP contribution < -0.4 is 9.84 Å². The summed E-state index contributed by atoms with van der Waals surface area (Å²) in [6.45, 7) is -0.163. The molecular weight excluding hydrogens is 128 g/mol. The van der Waals surface area contributed by atoms with Crippen LogP contribution in [0.2, 0.25) is 0 Å². The van der Waals surface area contributed by atoms with Crippen LogP contribution in [0, 0.1) is 0 Å². The van der Waals surface area contributed by atoms with Crippen molar-refractivity contribution < 1.29 is 9.84 Å². The molecule has 1 aromatic carbocycles. The summed E-state index contributed by atoms with van der Waals surface area (Å²) in [4.78, 5) is 0. The number of methoxy groups -OCH3 is 1. The first-order chi connectivity index (χ1) is 4.86. The Morgan fingerprint density at radius 3 is 2.30 bits per heavy atom. The molecule has 0 aromatic heterocycles. The van der Waals surface area contributed by atoms with Gasteiger partial charge in [-0.3, -0.25) is 0 Å². The fourth-order valence-corrected chi connectivity index (χ4v) is 0.722. The molecule has 0 saturated heterocycles. The summed E-state index contributed by atoms with van der Waals surface area (Å²) in [5, 5.41) is 10.3. The first-order valence-electron chi connectivity index (χ1n) is 3.08. The van der Waals surface area contributed by atoms with Crippen molar-refractivity contribution in [2.75, 3.05) is 7.11 Å². The highest BCUT2D eigenvalue weighted by Gasteiger charge is 1.86. The molecule has 0 radical (unpaired) electrons. The molecule has 0 spiro atoms. The molecule has 10 heavy (non-hydrogen) atoms. The maximum Gasteiger partial charge on any atom is 0.118 e. The monoisotopic (exact) mass is 137 g/mol. The third-order valence-corrected chi connectivity index (χ3v) is 1.33. The number of ether oxygens (including phenoxy) is 1. The van der Waals surface area contributed by atoms with Crippen LogP contribution in [0.25, 0.3) is 0 Å². The van der Waals surface area contributed by atoms with Gasteiger partial charge < -0.3 is 9.84 Å². The summed E-state index contributed by atoms with van der Waals surface area (Å²) in [5.41, 5.74) is 0.792. The second kappa shape index (κ2) is 3.22. The minimum absolute atomic E-state index is 0.163. The lowest BCUT2D eigenvalue weighted by atomic mass is 10.2. The molecule has 0 unspecified atom stereocenters. The van der Waals surface area contributed by atoms with E-state index < -0.39 is 0 Å². The van der Waals surface area contributed by atoms with Gasteiger partial charge in [-0.25, -0.2) is 0 Å². The SMILES string of the molecule is COc1ccc(C[O-])cc1. The molecule has 0 aliphatic heterocycles. The van der Waals surface area contributed by atoms with E-state index >= 15 is 0 Å². The Hall–Kier alpha value is -1.02. The van der Waals surface area contributed by atoms with E-state index in [-0.39, 0.29) is 6.61 Å². The highest BCUT2D eigenvalue weighted by Crippen LogP contribution is 2.09. The molecule has 0 bridgehead atoms. The molecular formula is C8H9O2-. The first-order valence-corrected chi connectivity index (χ1v) is 3.08. The van der Waals surface area contributed by atoms with Gasteiger partial charge in [0.2, 0.25) is 0 Å². The minimum Gasteiger partial charge on any atom is -0.851 e. The molecule has 0 aliphatic carbocycles. The van der Waals surface area contributed by atoms with Crippen LogP contribution in [0.4, 0.5) is 0 Å². The Balaban J connectivity index is 2.80. The van der Waals surface area contributed by atoms with Crippen LogP contribution in [0.15, 0.2) is 24.3 Å². The summed E-state index contributed by atoms with van der Waals surface area (Å²) in [7, 11) is 1.60. The largest absolute Gasteiger partial charge is 0.851 e. The predicted octanol–water partition coefficient (Wildman–Crippen LogP) is 0.555. The van der Waals surface area contributed by atoms with E-state index in [1.807, 2.05) is 0 Å². The second-order valence-electron chi connectivity index (χ2n) is 1.99. The molecule has 0 heterocycles. The van der Waals surface area contributed by atoms with Gasteiger partial charge in [-0.15, -0.1) is 6.61 Å². The van der Waals surface area contributed by atoms with Crippen LogP contribution in [-0.2, 0) is 6.61 Å². The highest BCUT2D eigenvalue weighted by atomic mass is 16.5. The Morgan fingerprint density at radius 1 is 1.30 bits per heavy atom. The molecule has 0 fully saturated rings. The van der Waals surface area contributed by atoms with Crippen LogP contribution in [0.3, 0.4) is 0 Å². The normalized spacial score (nSPS) is 9.40. The lowest BCUT2D eigenvalue weighted by molar-refractivity contribution is -0.386. The van der Waals surface area contributed by atoms with E-state index in [1.54, 1.807) is 31.4 Å². The second-order valence-corrected chi connectivity index (χ2v) is 1.99. The maximum absolute atomic E-state index is 10.3. The van der Waals surface area contributed by atoms with Gasteiger partial charge in [-0.1, -0.05) is 17.7 Å². The summed E-state index contributed by atoms with van der Waals surface area (Å²) in [6, 6.07) is 7.11. The van der Waals surface area contributed by atoms with Gasteiger partial charge in [0.05, 0.1) is 7.11 Å². The Kier molecular flexibility index (Phi) is 2.29. The Morgan fingerprint density at radius 2 is 1.90 bits per heavy atom. The molecule has 2 nitrogen and oxygen atoms in total. The van der Waals surface area contributed by atoms with E-state index in [4.69, 9.17) is 4.74 Å². The van der Waals surface area contributed by atoms with Gasteiger partial charge in [-0.2, -0.15) is 0 Å². The predicted molar refractivity (Wildman–Crippen MR) is 36.7 cm³/mol. The Labute approximate surface area is 60.1 Å². The summed E-state index contributed by atoms with van der Waals surface area (Å²) in [6.07, 6.45) is 0. The van der Waals surface area contributed by atoms with E-state index in [0.29, 0.717) is 0 Å². The van der Waals surface area contributed by atoms with Crippen LogP contribution in [0.5, 0.6) is 5.75 Å². The van der Waals surface area contributed by atoms with Crippen molar-refractivity contribution in [1.82, 2.24) is 0 Å². The van der Waals surface area contributed by atoms with Crippen molar-refractivity contribution >= 4 is 0 Å². The molecule has 0 atom stereocenters. The summed E-state index contributed by atoms with van der Waals surface area (Å²) < 4.78 is 4.91. The zero-order valence-corrected chi connectivity index (χ0v) is 5.83. The van der Waals surface area contributed by atoms with Crippen molar-refractivity contribution in [3.8, 4) is 5.75 Å². The van der Waals surface area contributed by atoms with Crippen molar-refractivity contribution in [1.29, 1.82) is 0 Å². The lowest BCUT2D eigenvalue weighted by Gasteiger charge is -2.04. The van der Waals surface area contributed by atoms with Gasteiger partial charge in [0.1, 0.15) is 5.75 Å². The van der Waals surface area contributed by atoms with E-state index in [0.717, 1.165) is 11.3 Å². The van der Waals surface area contributed by atoms with Crippen molar-refractivity contribution in [2.45, 2.75) is 6.61 Å². The smallest absolute Gasteiger partial charge is 0.118 e. The van der Waals surface area contributed by atoms with E-state index in [1.165, 1.54) is 0 Å². The van der Waals surface area contributed by atoms with Crippen molar-refractivity contribution in [2.24, 2.45) is 0 Å². The lowest BCUT2D eigenvalue weighted by Crippen LogP contribution is -2.01. The topological polar surface area (TPSA) is 32.3 Å². The van der Waals surface area contributed by atoms with Gasteiger partial charge in [0, 0.05) is 0 Å². The highest BCUT2D eigenvalue weighted by molar-refractivity contribution is 5.26. The maximum atomic E-state index is 10.3. The van der Waals surface area contributed by atoms with Crippen LogP contribution in [0.1, 0.15) is 5.56 Å². The zero-order chi connectivity index (χ0) is 7.40. The number of hydrogen-bond donors (Lipinski definition) is 0. The van der Waals surface area contributed by atoms with Gasteiger partial charge in [0.15, 0.2) is 0 Å². The fourth-order valence-electron chi connectivity index (χ4n) is 0.722. The molecule has 0 aliphatic rings. The van der Waals surface area contributed by atoms with Gasteiger partial charge in [-0.05, 0) is 12.1 Å². The summed E-state index contributed by atoms with van der Waals surface area (Å²) >= 11 is 0. The number of rotatable bonds is 2.